The van der Waals surface area contributed by atoms with Crippen LogP contribution >= 0.6 is 0 Å². The number of aromatic nitrogens is 2. The van der Waals surface area contributed by atoms with E-state index < -0.39 is 10.0 Å². The molecule has 0 radical (unpaired) electrons. The molecule has 0 atom stereocenters. The summed E-state index contributed by atoms with van der Waals surface area (Å²) in [6.45, 7) is 3.85. The van der Waals surface area contributed by atoms with Gasteiger partial charge in [0, 0.05) is 7.05 Å². The molecule has 22 heavy (non-hydrogen) atoms. The molecule has 5 nitrogen and oxygen atoms in total. The fraction of sp³-hybridized carbons (Fsp3) is 0.188. The van der Waals surface area contributed by atoms with Crippen LogP contribution in [0.2, 0.25) is 0 Å². The first-order chi connectivity index (χ1) is 10.4. The summed E-state index contributed by atoms with van der Waals surface area (Å²) in [6.07, 6.45) is 1.67. The third-order valence-corrected chi connectivity index (χ3v) is 5.00. The van der Waals surface area contributed by atoms with Gasteiger partial charge in [-0.15, -0.1) is 0 Å². The molecule has 0 unspecified atom stereocenters. The van der Waals surface area contributed by atoms with E-state index in [0.717, 1.165) is 16.6 Å². The Morgan fingerprint density at radius 2 is 1.86 bits per heavy atom. The molecule has 0 saturated carbocycles. The smallest absolute Gasteiger partial charge is 0.261 e. The predicted octanol–water partition coefficient (Wildman–Crippen LogP) is 2.99. The Labute approximate surface area is 129 Å². The van der Waals surface area contributed by atoms with Gasteiger partial charge in [-0.25, -0.2) is 13.4 Å². The maximum atomic E-state index is 12.5. The van der Waals surface area contributed by atoms with Crippen molar-refractivity contribution in [3.05, 3.63) is 53.9 Å². The van der Waals surface area contributed by atoms with E-state index >= 15 is 0 Å². The lowest BCUT2D eigenvalue weighted by Gasteiger charge is -2.11. The number of rotatable bonds is 3. The second kappa shape index (κ2) is 5.14. The van der Waals surface area contributed by atoms with Crippen LogP contribution in [0.25, 0.3) is 11.0 Å². The minimum absolute atomic E-state index is 0.207. The fourth-order valence-electron chi connectivity index (χ4n) is 2.41. The number of fused-ring (bicyclic) bond motifs is 1. The normalized spacial score (nSPS) is 11.8. The van der Waals surface area contributed by atoms with Crippen molar-refractivity contribution in [2.24, 2.45) is 7.05 Å². The maximum Gasteiger partial charge on any atom is 0.261 e. The summed E-state index contributed by atoms with van der Waals surface area (Å²) in [7, 11) is -1.76. The zero-order valence-electron chi connectivity index (χ0n) is 12.7. The molecule has 1 aromatic heterocycles. The minimum atomic E-state index is -3.63. The van der Waals surface area contributed by atoms with Crippen molar-refractivity contribution < 1.29 is 8.42 Å². The molecule has 0 spiro atoms. The van der Waals surface area contributed by atoms with E-state index in [9.17, 15) is 8.42 Å². The van der Waals surface area contributed by atoms with Crippen LogP contribution in [0.3, 0.4) is 0 Å². The quantitative estimate of drug-likeness (QED) is 0.808. The lowest BCUT2D eigenvalue weighted by molar-refractivity contribution is 0.601. The number of sulfonamides is 1. The fourth-order valence-corrected chi connectivity index (χ4v) is 3.57. The largest absolute Gasteiger partial charge is 0.334 e. The number of benzene rings is 2. The Morgan fingerprint density at radius 3 is 2.59 bits per heavy atom. The van der Waals surface area contributed by atoms with E-state index in [4.69, 9.17) is 0 Å². The number of nitrogens with one attached hydrogen (secondary N) is 1. The number of nitrogens with zero attached hydrogens (tertiary/aromatic N) is 2. The van der Waals surface area contributed by atoms with Crippen molar-refractivity contribution in [3.8, 4) is 0 Å². The van der Waals surface area contributed by atoms with Crippen molar-refractivity contribution in [1.82, 2.24) is 9.55 Å². The number of hydrogen-bond donors (Lipinski definition) is 1. The van der Waals surface area contributed by atoms with Crippen LogP contribution in [0.4, 0.5) is 5.69 Å². The highest BCUT2D eigenvalue weighted by molar-refractivity contribution is 7.92. The lowest BCUT2D eigenvalue weighted by atomic mass is 10.1. The third-order valence-electron chi connectivity index (χ3n) is 3.63. The van der Waals surface area contributed by atoms with E-state index in [0.29, 0.717) is 11.2 Å². The second-order valence-corrected chi connectivity index (χ2v) is 7.11. The van der Waals surface area contributed by atoms with E-state index in [1.165, 1.54) is 0 Å². The van der Waals surface area contributed by atoms with Crippen LogP contribution in [0.5, 0.6) is 0 Å². The molecule has 1 heterocycles. The molecule has 0 aliphatic carbocycles. The highest BCUT2D eigenvalue weighted by atomic mass is 32.2. The van der Waals surface area contributed by atoms with Gasteiger partial charge in [0.15, 0.2) is 0 Å². The number of hydrogen-bond acceptors (Lipinski definition) is 3. The highest BCUT2D eigenvalue weighted by Gasteiger charge is 2.16. The topological polar surface area (TPSA) is 64.0 Å². The molecule has 3 aromatic rings. The van der Waals surface area contributed by atoms with Crippen LogP contribution in [-0.4, -0.2) is 18.0 Å². The Hall–Kier alpha value is -2.34. The molecule has 2 aromatic carbocycles. The first-order valence-corrected chi connectivity index (χ1v) is 8.36. The van der Waals surface area contributed by atoms with Crippen molar-refractivity contribution in [3.63, 3.8) is 0 Å². The van der Waals surface area contributed by atoms with Gasteiger partial charge in [-0.05, 0) is 43.7 Å². The summed E-state index contributed by atoms with van der Waals surface area (Å²) in [5.41, 5.74) is 4.13. The van der Waals surface area contributed by atoms with Crippen molar-refractivity contribution >= 4 is 26.7 Å². The minimum Gasteiger partial charge on any atom is -0.334 e. The Kier molecular flexibility index (Phi) is 3.41. The summed E-state index contributed by atoms with van der Waals surface area (Å²) in [5.74, 6) is 0. The molecule has 0 aliphatic heterocycles. The van der Waals surface area contributed by atoms with Gasteiger partial charge in [-0.2, -0.15) is 0 Å². The monoisotopic (exact) mass is 315 g/mol. The van der Waals surface area contributed by atoms with Gasteiger partial charge in [-0.3, -0.25) is 4.72 Å². The molecule has 0 amide bonds. The van der Waals surface area contributed by atoms with Gasteiger partial charge in [0.2, 0.25) is 0 Å². The molecular weight excluding hydrogens is 298 g/mol. The summed E-state index contributed by atoms with van der Waals surface area (Å²) < 4.78 is 29.6. The van der Waals surface area contributed by atoms with E-state index in [1.54, 1.807) is 30.6 Å². The first-order valence-electron chi connectivity index (χ1n) is 6.88. The number of aryl methyl sites for hydroxylation is 3. The highest BCUT2D eigenvalue weighted by Crippen LogP contribution is 2.23. The summed E-state index contributed by atoms with van der Waals surface area (Å²) in [5, 5.41) is 0. The Morgan fingerprint density at radius 1 is 1.09 bits per heavy atom. The van der Waals surface area contributed by atoms with Crippen LogP contribution in [0, 0.1) is 13.8 Å². The summed E-state index contributed by atoms with van der Waals surface area (Å²) in [6, 6.07) is 10.5. The van der Waals surface area contributed by atoms with Crippen LogP contribution in [0.15, 0.2) is 47.6 Å². The van der Waals surface area contributed by atoms with Crippen molar-refractivity contribution in [2.75, 3.05) is 4.72 Å². The number of imidazole rings is 1. The average molecular weight is 315 g/mol. The standard InChI is InChI=1S/C16H17N3O2S/c1-11-4-6-14(12(2)8-11)18-22(20,21)13-5-7-16-15(9-13)17-10-19(16)3/h4-10,18H,1-3H3. The zero-order chi connectivity index (χ0) is 15.9. The third kappa shape index (κ3) is 2.57. The van der Waals surface area contributed by atoms with Gasteiger partial charge < -0.3 is 4.57 Å². The van der Waals surface area contributed by atoms with Gasteiger partial charge in [0.05, 0.1) is 27.9 Å². The molecule has 3 rings (SSSR count). The van der Waals surface area contributed by atoms with Crippen molar-refractivity contribution in [2.45, 2.75) is 18.7 Å². The maximum absolute atomic E-state index is 12.5. The van der Waals surface area contributed by atoms with Crippen LogP contribution in [-0.2, 0) is 17.1 Å². The molecular formula is C16H17N3O2S. The molecule has 0 aliphatic rings. The second-order valence-electron chi connectivity index (χ2n) is 5.43. The van der Waals surface area contributed by atoms with Crippen LogP contribution < -0.4 is 4.72 Å². The molecule has 6 heteroatoms. The van der Waals surface area contributed by atoms with E-state index in [1.807, 2.05) is 37.6 Å². The predicted molar refractivity (Wildman–Crippen MR) is 87.4 cm³/mol. The lowest BCUT2D eigenvalue weighted by Crippen LogP contribution is -2.13. The first kappa shape index (κ1) is 14.6. The van der Waals surface area contributed by atoms with Gasteiger partial charge >= 0.3 is 0 Å². The molecule has 0 saturated heterocycles. The van der Waals surface area contributed by atoms with E-state index in [2.05, 4.69) is 9.71 Å². The molecule has 0 fully saturated rings. The average Bonchev–Trinajstić information content (AvgIpc) is 2.83. The zero-order valence-corrected chi connectivity index (χ0v) is 13.5. The SMILES string of the molecule is Cc1ccc(NS(=O)(=O)c2ccc3c(c2)ncn3C)c(C)c1. The summed E-state index contributed by atoms with van der Waals surface area (Å²) >= 11 is 0. The van der Waals surface area contributed by atoms with Gasteiger partial charge in [-0.1, -0.05) is 17.7 Å². The van der Waals surface area contributed by atoms with Gasteiger partial charge in [0.1, 0.15) is 0 Å². The summed E-state index contributed by atoms with van der Waals surface area (Å²) in [4.78, 5) is 4.41. The molecule has 1 N–H and O–H groups in total. The van der Waals surface area contributed by atoms with Crippen molar-refractivity contribution in [1.29, 1.82) is 0 Å². The van der Waals surface area contributed by atoms with E-state index in [-0.39, 0.29) is 4.90 Å². The molecule has 114 valence electrons. The Bertz CT molecular complexity index is 959. The number of anilines is 1. The Balaban J connectivity index is 2.00. The van der Waals surface area contributed by atoms with Crippen LogP contribution in [0.1, 0.15) is 11.1 Å². The molecule has 0 bridgehead atoms. The van der Waals surface area contributed by atoms with Gasteiger partial charge in [0.25, 0.3) is 10.0 Å².